The summed E-state index contributed by atoms with van der Waals surface area (Å²) in [4.78, 5) is 13.2. The maximum absolute atomic E-state index is 5.57. The smallest absolute Gasteiger partial charge is 0.338 e. The molecule has 1 aromatic rings. The van der Waals surface area contributed by atoms with Crippen molar-refractivity contribution in [2.24, 2.45) is 0 Å². The van der Waals surface area contributed by atoms with E-state index in [1.807, 2.05) is 13.8 Å². The first-order valence-electron chi connectivity index (χ1n) is 7.62. The molecule has 1 fully saturated rings. The number of nitrogens with zero attached hydrogens (tertiary/aromatic N) is 4. The van der Waals surface area contributed by atoms with Gasteiger partial charge in [-0.2, -0.15) is 0 Å². The molecule has 1 aliphatic rings. The number of morpholine rings is 1. The van der Waals surface area contributed by atoms with E-state index in [4.69, 9.17) is 14.2 Å². The molecule has 2 heterocycles. The largest absolute Gasteiger partial charge is 1.00 e. The van der Waals surface area contributed by atoms with E-state index in [2.05, 4.69) is 22.0 Å². The van der Waals surface area contributed by atoms with Crippen molar-refractivity contribution >= 4 is 5.95 Å². The molecular weight excluding hydrogens is 308 g/mol. The first kappa shape index (κ1) is 18.9. The van der Waals surface area contributed by atoms with E-state index in [1.165, 1.54) is 0 Å². The van der Waals surface area contributed by atoms with Crippen LogP contribution in [0, 0.1) is 0 Å². The van der Waals surface area contributed by atoms with Gasteiger partial charge >= 0.3 is 18.0 Å². The summed E-state index contributed by atoms with van der Waals surface area (Å²) in [6.07, 6.45) is 1.82. The summed E-state index contributed by atoms with van der Waals surface area (Å²) in [5.41, 5.74) is 0. The molecule has 0 radical (unpaired) electrons. The van der Waals surface area contributed by atoms with Gasteiger partial charge in [-0.1, -0.05) is 13.8 Å². The minimum atomic E-state index is 0. The SMILES string of the molecule is CCCOc1nc(OCCC)nc([N+]2(C)CCOCC2)n1.[Cl-]. The third kappa shape index (κ3) is 4.93. The van der Waals surface area contributed by atoms with E-state index < -0.39 is 0 Å². The minimum Gasteiger partial charge on any atom is -1.00 e. The molecule has 7 nitrogen and oxygen atoms in total. The van der Waals surface area contributed by atoms with E-state index >= 15 is 0 Å². The zero-order chi connectivity index (χ0) is 15.1. The molecule has 1 aliphatic heterocycles. The van der Waals surface area contributed by atoms with E-state index in [1.54, 1.807) is 0 Å². The number of likely N-dealkylation sites (N-methyl/N-ethyl adjacent to an activating group) is 1. The zero-order valence-corrected chi connectivity index (χ0v) is 14.3. The monoisotopic (exact) mass is 332 g/mol. The van der Waals surface area contributed by atoms with Crippen LogP contribution < -0.4 is 26.4 Å². The van der Waals surface area contributed by atoms with Crippen LogP contribution >= 0.6 is 0 Å². The number of halogens is 1. The lowest BCUT2D eigenvalue weighted by Gasteiger charge is -2.34. The van der Waals surface area contributed by atoms with Crippen LogP contribution in [0.15, 0.2) is 0 Å². The van der Waals surface area contributed by atoms with Gasteiger partial charge in [-0.25, -0.2) is 0 Å². The Morgan fingerprint density at radius 1 is 0.955 bits per heavy atom. The lowest BCUT2D eigenvalue weighted by Crippen LogP contribution is -3.00. The molecule has 0 aromatic carbocycles. The van der Waals surface area contributed by atoms with Crippen LogP contribution in [0.3, 0.4) is 0 Å². The molecule has 1 saturated heterocycles. The van der Waals surface area contributed by atoms with Gasteiger partial charge in [0.15, 0.2) is 0 Å². The predicted octanol–water partition coefficient (Wildman–Crippen LogP) is -1.58. The fourth-order valence-corrected chi connectivity index (χ4v) is 2.03. The van der Waals surface area contributed by atoms with Gasteiger partial charge in [-0.3, -0.25) is 4.48 Å². The Balaban J connectivity index is 0.00000242. The van der Waals surface area contributed by atoms with Gasteiger partial charge in [0, 0.05) is 0 Å². The molecular formula is C14H25ClN4O3. The Kier molecular flexibility index (Phi) is 7.78. The highest BCUT2D eigenvalue weighted by molar-refractivity contribution is 5.28. The molecule has 0 amide bonds. The lowest BCUT2D eigenvalue weighted by atomic mass is 10.4. The number of ether oxygens (including phenoxy) is 3. The predicted molar refractivity (Wildman–Crippen MR) is 79.7 cm³/mol. The van der Waals surface area contributed by atoms with Crippen molar-refractivity contribution in [3.8, 4) is 12.0 Å². The summed E-state index contributed by atoms with van der Waals surface area (Å²) < 4.78 is 17.2. The van der Waals surface area contributed by atoms with E-state index in [0.29, 0.717) is 48.9 Å². The van der Waals surface area contributed by atoms with Crippen LogP contribution in [0.25, 0.3) is 0 Å². The van der Waals surface area contributed by atoms with Crippen molar-refractivity contribution in [1.82, 2.24) is 19.4 Å². The maximum Gasteiger partial charge on any atom is 0.338 e. The highest BCUT2D eigenvalue weighted by Gasteiger charge is 2.33. The van der Waals surface area contributed by atoms with Crippen molar-refractivity contribution < 1.29 is 26.6 Å². The summed E-state index contributed by atoms with van der Waals surface area (Å²) >= 11 is 0. The highest BCUT2D eigenvalue weighted by Crippen LogP contribution is 2.22. The van der Waals surface area contributed by atoms with Gasteiger partial charge in [-0.05, 0) is 12.8 Å². The van der Waals surface area contributed by atoms with E-state index in [-0.39, 0.29) is 12.4 Å². The van der Waals surface area contributed by atoms with Gasteiger partial charge < -0.3 is 26.6 Å². The second-order valence-electron chi connectivity index (χ2n) is 5.35. The molecule has 0 aliphatic carbocycles. The Bertz CT molecular complexity index is 429. The minimum absolute atomic E-state index is 0. The lowest BCUT2D eigenvalue weighted by molar-refractivity contribution is -0.00000784. The average Bonchev–Trinajstić information content (AvgIpc) is 2.51. The fourth-order valence-electron chi connectivity index (χ4n) is 2.03. The number of hydrogen-bond donors (Lipinski definition) is 0. The van der Waals surface area contributed by atoms with Gasteiger partial charge in [0.1, 0.15) is 13.1 Å². The maximum atomic E-state index is 5.57. The van der Waals surface area contributed by atoms with Crippen molar-refractivity contribution in [1.29, 1.82) is 0 Å². The van der Waals surface area contributed by atoms with Crippen molar-refractivity contribution in [2.75, 3.05) is 46.6 Å². The summed E-state index contributed by atoms with van der Waals surface area (Å²) in [6, 6.07) is 0.692. The van der Waals surface area contributed by atoms with Crippen LogP contribution in [0.2, 0.25) is 0 Å². The standard InChI is InChI=1S/C14H25N4O3.ClH/c1-4-8-20-13-15-12(16-14(17-13)21-9-5-2)18(3)6-10-19-11-7-18;/h4-11H2,1-3H3;1H/q+1;/p-1. The summed E-state index contributed by atoms with van der Waals surface area (Å²) in [6.45, 7) is 8.36. The van der Waals surface area contributed by atoms with Gasteiger partial charge in [0.25, 0.3) is 0 Å². The zero-order valence-electron chi connectivity index (χ0n) is 13.5. The van der Waals surface area contributed by atoms with Crippen LogP contribution in [0.5, 0.6) is 12.0 Å². The van der Waals surface area contributed by atoms with Gasteiger partial charge in [0.05, 0.1) is 33.5 Å². The summed E-state index contributed by atoms with van der Waals surface area (Å²) in [5.74, 6) is 0.686. The third-order valence-electron chi connectivity index (χ3n) is 3.39. The van der Waals surface area contributed by atoms with Gasteiger partial charge in [-0.15, -0.1) is 15.0 Å². The molecule has 0 unspecified atom stereocenters. The first-order valence-corrected chi connectivity index (χ1v) is 7.62. The fraction of sp³-hybridized carbons (Fsp3) is 0.786. The molecule has 0 saturated carbocycles. The molecule has 22 heavy (non-hydrogen) atoms. The topological polar surface area (TPSA) is 66.4 Å². The Hall–Kier alpha value is -1.18. The molecule has 1 aromatic heterocycles. The molecule has 0 atom stereocenters. The summed E-state index contributed by atoms with van der Waals surface area (Å²) in [5, 5.41) is 0. The first-order chi connectivity index (χ1) is 10.2. The average molecular weight is 333 g/mol. The quantitative estimate of drug-likeness (QED) is 0.562. The molecule has 0 bridgehead atoms. The Morgan fingerprint density at radius 3 is 1.91 bits per heavy atom. The van der Waals surface area contributed by atoms with Crippen molar-refractivity contribution in [3.63, 3.8) is 0 Å². The molecule has 0 N–H and O–H groups in total. The number of hydrogen-bond acceptors (Lipinski definition) is 6. The second-order valence-corrected chi connectivity index (χ2v) is 5.35. The normalized spacial score (nSPS) is 16.7. The van der Waals surface area contributed by atoms with Crippen LogP contribution in [-0.4, -0.2) is 61.5 Å². The third-order valence-corrected chi connectivity index (χ3v) is 3.39. The van der Waals surface area contributed by atoms with Crippen LogP contribution in [-0.2, 0) is 4.74 Å². The van der Waals surface area contributed by atoms with Crippen LogP contribution in [0.4, 0.5) is 5.95 Å². The Morgan fingerprint density at radius 2 is 1.45 bits per heavy atom. The van der Waals surface area contributed by atoms with Crippen molar-refractivity contribution in [3.05, 3.63) is 0 Å². The van der Waals surface area contributed by atoms with Gasteiger partial charge in [0.2, 0.25) is 0 Å². The van der Waals surface area contributed by atoms with E-state index in [9.17, 15) is 0 Å². The van der Waals surface area contributed by atoms with E-state index in [0.717, 1.165) is 25.9 Å². The summed E-state index contributed by atoms with van der Waals surface area (Å²) in [7, 11) is 2.10. The van der Waals surface area contributed by atoms with Crippen LogP contribution in [0.1, 0.15) is 26.7 Å². The Labute approximate surface area is 138 Å². The second kappa shape index (κ2) is 9.07. The number of rotatable bonds is 7. The molecule has 2 rings (SSSR count). The molecule has 0 spiro atoms. The molecule has 126 valence electrons. The van der Waals surface area contributed by atoms with Crippen molar-refractivity contribution in [2.45, 2.75) is 26.7 Å². The molecule has 8 heteroatoms. The number of aromatic nitrogens is 3. The number of quaternary nitrogens is 1. The highest BCUT2D eigenvalue weighted by atomic mass is 35.5.